The van der Waals surface area contributed by atoms with Crippen LogP contribution in [-0.4, -0.2) is 42.3 Å². The Balaban J connectivity index is 1.79. The van der Waals surface area contributed by atoms with Crippen LogP contribution in [0.2, 0.25) is 0 Å². The van der Waals surface area contributed by atoms with E-state index < -0.39 is 6.04 Å². The SMILES string of the molecule is CSc1ccccc1NC(=O)CN(C)C(C(=O)Nc1cccc(C(C)=O)c1)c1ccccc1. The molecule has 1 unspecified atom stereocenters. The molecule has 0 radical (unpaired) electrons. The highest BCUT2D eigenvalue weighted by Crippen LogP contribution is 2.25. The minimum Gasteiger partial charge on any atom is -0.324 e. The number of ketones is 1. The normalized spacial score (nSPS) is 11.6. The van der Waals surface area contributed by atoms with Crippen LogP contribution in [0.15, 0.2) is 83.8 Å². The van der Waals surface area contributed by atoms with Crippen molar-refractivity contribution in [3.05, 3.63) is 90.0 Å². The van der Waals surface area contributed by atoms with Crippen molar-refractivity contribution in [1.82, 2.24) is 4.90 Å². The zero-order chi connectivity index (χ0) is 23.8. The van der Waals surface area contributed by atoms with Gasteiger partial charge in [-0.1, -0.05) is 54.6 Å². The van der Waals surface area contributed by atoms with Crippen LogP contribution >= 0.6 is 11.8 Å². The molecule has 0 saturated carbocycles. The van der Waals surface area contributed by atoms with E-state index in [1.54, 1.807) is 48.0 Å². The number of nitrogens with zero attached hydrogens (tertiary/aromatic N) is 1. The van der Waals surface area contributed by atoms with Gasteiger partial charge in [-0.25, -0.2) is 0 Å². The molecular formula is C26H27N3O3S. The highest BCUT2D eigenvalue weighted by Gasteiger charge is 2.27. The Morgan fingerprint density at radius 1 is 0.909 bits per heavy atom. The fourth-order valence-corrected chi connectivity index (χ4v) is 4.08. The lowest BCUT2D eigenvalue weighted by Crippen LogP contribution is -2.39. The molecule has 0 aromatic heterocycles. The van der Waals surface area contributed by atoms with Gasteiger partial charge in [0.2, 0.25) is 11.8 Å². The lowest BCUT2D eigenvalue weighted by molar-refractivity contribution is -0.123. The number of nitrogens with one attached hydrogen (secondary N) is 2. The van der Waals surface area contributed by atoms with Crippen molar-refractivity contribution in [2.75, 3.05) is 30.5 Å². The summed E-state index contributed by atoms with van der Waals surface area (Å²) in [6.07, 6.45) is 1.95. The molecule has 1 atom stereocenters. The highest BCUT2D eigenvalue weighted by molar-refractivity contribution is 7.98. The van der Waals surface area contributed by atoms with Crippen LogP contribution in [0.5, 0.6) is 0 Å². The summed E-state index contributed by atoms with van der Waals surface area (Å²) in [6.45, 7) is 1.50. The maximum Gasteiger partial charge on any atom is 0.246 e. The van der Waals surface area contributed by atoms with E-state index in [1.807, 2.05) is 60.9 Å². The smallest absolute Gasteiger partial charge is 0.246 e. The minimum atomic E-state index is -0.700. The van der Waals surface area contributed by atoms with Gasteiger partial charge in [0.15, 0.2) is 5.78 Å². The Hall–Kier alpha value is -3.42. The molecule has 6 nitrogen and oxygen atoms in total. The van der Waals surface area contributed by atoms with E-state index >= 15 is 0 Å². The van der Waals surface area contributed by atoms with Gasteiger partial charge in [0.25, 0.3) is 0 Å². The Morgan fingerprint density at radius 3 is 2.30 bits per heavy atom. The third-order valence-electron chi connectivity index (χ3n) is 5.12. The topological polar surface area (TPSA) is 78.5 Å². The zero-order valence-electron chi connectivity index (χ0n) is 18.9. The van der Waals surface area contributed by atoms with Crippen molar-refractivity contribution < 1.29 is 14.4 Å². The summed E-state index contributed by atoms with van der Waals surface area (Å²) in [4.78, 5) is 40.5. The molecule has 3 aromatic carbocycles. The molecule has 0 bridgehead atoms. The molecule has 0 aliphatic carbocycles. The van der Waals surface area contributed by atoms with Crippen LogP contribution in [-0.2, 0) is 9.59 Å². The molecule has 3 rings (SSSR count). The molecule has 0 spiro atoms. The fraction of sp³-hybridized carbons (Fsp3) is 0.192. The molecule has 2 amide bonds. The van der Waals surface area contributed by atoms with Crippen LogP contribution in [0.4, 0.5) is 11.4 Å². The van der Waals surface area contributed by atoms with Gasteiger partial charge in [-0.15, -0.1) is 11.8 Å². The van der Waals surface area contributed by atoms with Gasteiger partial charge in [-0.2, -0.15) is 0 Å². The van der Waals surface area contributed by atoms with Crippen LogP contribution < -0.4 is 10.6 Å². The van der Waals surface area contributed by atoms with Crippen molar-refractivity contribution in [2.45, 2.75) is 17.9 Å². The standard InChI is InChI=1S/C26H27N3O3S/c1-18(30)20-12-9-13-21(16-20)27-26(32)25(19-10-5-4-6-11-19)29(2)17-24(31)28-22-14-7-8-15-23(22)33-3/h4-16,25H,17H2,1-3H3,(H,27,32)(H,28,31). The molecule has 0 fully saturated rings. The number of carbonyl (C=O) groups is 3. The Morgan fingerprint density at radius 2 is 1.61 bits per heavy atom. The second-order valence-corrected chi connectivity index (χ2v) is 8.45. The average molecular weight is 462 g/mol. The summed E-state index contributed by atoms with van der Waals surface area (Å²) < 4.78 is 0. The number of benzene rings is 3. The number of hydrogen-bond acceptors (Lipinski definition) is 5. The predicted octanol–water partition coefficient (Wildman–Crippen LogP) is 4.86. The van der Waals surface area contributed by atoms with E-state index in [1.165, 1.54) is 6.92 Å². The van der Waals surface area contributed by atoms with Crippen LogP contribution in [0.3, 0.4) is 0 Å². The summed E-state index contributed by atoms with van der Waals surface area (Å²) in [7, 11) is 1.74. The summed E-state index contributed by atoms with van der Waals surface area (Å²) in [5, 5.41) is 5.83. The second-order valence-electron chi connectivity index (χ2n) is 7.60. The van der Waals surface area contributed by atoms with Crippen LogP contribution in [0.1, 0.15) is 28.9 Å². The molecule has 7 heteroatoms. The third-order valence-corrected chi connectivity index (χ3v) is 5.91. The Bertz CT molecular complexity index is 1130. The zero-order valence-corrected chi connectivity index (χ0v) is 19.7. The third kappa shape index (κ3) is 6.54. The number of likely N-dealkylation sites (N-methyl/N-ethyl adjacent to an activating group) is 1. The first-order valence-corrected chi connectivity index (χ1v) is 11.7. The number of anilines is 2. The van der Waals surface area contributed by atoms with E-state index in [4.69, 9.17) is 0 Å². The number of rotatable bonds is 9. The van der Waals surface area contributed by atoms with Gasteiger partial charge in [0.1, 0.15) is 6.04 Å². The van der Waals surface area contributed by atoms with E-state index in [-0.39, 0.29) is 24.1 Å². The van der Waals surface area contributed by atoms with E-state index in [0.717, 1.165) is 16.1 Å². The number of carbonyl (C=O) groups excluding carboxylic acids is 3. The minimum absolute atomic E-state index is 0.0170. The first kappa shape index (κ1) is 24.2. The summed E-state index contributed by atoms with van der Waals surface area (Å²) in [5.74, 6) is -0.585. The number of para-hydroxylation sites is 1. The summed E-state index contributed by atoms with van der Waals surface area (Å²) in [5.41, 5.74) is 2.55. The second kappa shape index (κ2) is 11.4. The lowest BCUT2D eigenvalue weighted by Gasteiger charge is -2.27. The molecule has 0 heterocycles. The first-order valence-electron chi connectivity index (χ1n) is 10.5. The molecule has 0 saturated heterocycles. The summed E-state index contributed by atoms with van der Waals surface area (Å²) >= 11 is 1.55. The monoisotopic (exact) mass is 461 g/mol. The average Bonchev–Trinajstić information content (AvgIpc) is 2.80. The van der Waals surface area contributed by atoms with Crippen molar-refractivity contribution in [2.24, 2.45) is 0 Å². The Labute approximate surface area is 198 Å². The van der Waals surface area contributed by atoms with Gasteiger partial charge < -0.3 is 10.6 Å². The fourth-order valence-electron chi connectivity index (χ4n) is 3.52. The van der Waals surface area contributed by atoms with Gasteiger partial charge >= 0.3 is 0 Å². The van der Waals surface area contributed by atoms with Gasteiger partial charge in [-0.05, 0) is 50.1 Å². The quantitative estimate of drug-likeness (QED) is 0.351. The van der Waals surface area contributed by atoms with Crippen LogP contribution in [0, 0.1) is 0 Å². The maximum atomic E-state index is 13.3. The molecule has 33 heavy (non-hydrogen) atoms. The highest BCUT2D eigenvalue weighted by atomic mass is 32.2. The van der Waals surface area contributed by atoms with Crippen molar-refractivity contribution in [3.63, 3.8) is 0 Å². The van der Waals surface area contributed by atoms with Gasteiger partial charge in [-0.3, -0.25) is 19.3 Å². The van der Waals surface area contributed by atoms with Gasteiger partial charge in [0.05, 0.1) is 12.2 Å². The number of thioether (sulfide) groups is 1. The maximum absolute atomic E-state index is 13.3. The largest absolute Gasteiger partial charge is 0.324 e. The van der Waals surface area contributed by atoms with E-state index in [9.17, 15) is 14.4 Å². The molecule has 0 aliphatic heterocycles. The van der Waals surface area contributed by atoms with E-state index in [2.05, 4.69) is 10.6 Å². The molecular weight excluding hydrogens is 434 g/mol. The molecule has 2 N–H and O–H groups in total. The number of Topliss-reactive ketones (excluding diaryl/α,β-unsaturated/α-hetero) is 1. The number of hydrogen-bond donors (Lipinski definition) is 2. The van der Waals surface area contributed by atoms with Crippen molar-refractivity contribution in [3.8, 4) is 0 Å². The first-order chi connectivity index (χ1) is 15.9. The molecule has 0 aliphatic rings. The predicted molar refractivity (Wildman–Crippen MR) is 134 cm³/mol. The Kier molecular flexibility index (Phi) is 8.40. The van der Waals surface area contributed by atoms with Crippen LogP contribution in [0.25, 0.3) is 0 Å². The summed E-state index contributed by atoms with van der Waals surface area (Å²) in [6, 6.07) is 23.0. The van der Waals surface area contributed by atoms with Crippen molar-refractivity contribution >= 4 is 40.7 Å². The van der Waals surface area contributed by atoms with Gasteiger partial charge in [0, 0.05) is 16.1 Å². The van der Waals surface area contributed by atoms with E-state index in [0.29, 0.717) is 11.3 Å². The molecule has 3 aromatic rings. The van der Waals surface area contributed by atoms with Crippen molar-refractivity contribution in [1.29, 1.82) is 0 Å². The molecule has 170 valence electrons. The number of amides is 2. The lowest BCUT2D eigenvalue weighted by atomic mass is 10.0.